The molecule has 2 rings (SSSR count). The van der Waals surface area contributed by atoms with Crippen LogP contribution in [0.2, 0.25) is 0 Å². The lowest BCUT2D eigenvalue weighted by atomic mass is 10.1. The van der Waals surface area contributed by atoms with Gasteiger partial charge in [-0.15, -0.1) is 0 Å². The smallest absolute Gasteiger partial charge is 0.123 e. The molecule has 16 heavy (non-hydrogen) atoms. The number of hydrogen-bond acceptors (Lipinski definition) is 2. The minimum atomic E-state index is -0.215. The van der Waals surface area contributed by atoms with Gasteiger partial charge in [-0.25, -0.2) is 4.39 Å². The molecule has 1 aromatic heterocycles. The van der Waals surface area contributed by atoms with Crippen molar-refractivity contribution in [1.29, 1.82) is 0 Å². The zero-order valence-corrected chi connectivity index (χ0v) is 9.07. The van der Waals surface area contributed by atoms with E-state index in [2.05, 4.69) is 10.3 Å². The van der Waals surface area contributed by atoms with Crippen LogP contribution in [0, 0.1) is 5.82 Å². The minimum absolute atomic E-state index is 0.215. The summed E-state index contributed by atoms with van der Waals surface area (Å²) in [5, 5.41) is 3.05. The maximum absolute atomic E-state index is 12.8. The first kappa shape index (κ1) is 10.8. The number of pyridine rings is 1. The number of hydrogen-bond donors (Lipinski definition) is 1. The average Bonchev–Trinajstić information content (AvgIpc) is 2.31. The van der Waals surface area contributed by atoms with Crippen LogP contribution in [0.5, 0.6) is 0 Å². The molecule has 0 saturated carbocycles. The third kappa shape index (κ3) is 2.44. The van der Waals surface area contributed by atoms with E-state index in [-0.39, 0.29) is 5.82 Å². The molecule has 0 saturated heterocycles. The van der Waals surface area contributed by atoms with E-state index in [0.717, 1.165) is 23.4 Å². The fourth-order valence-corrected chi connectivity index (χ4v) is 1.58. The molecule has 0 bridgehead atoms. The molecule has 1 aromatic carbocycles. The number of rotatable bonds is 3. The summed E-state index contributed by atoms with van der Waals surface area (Å²) in [6, 6.07) is 10.4. The Morgan fingerprint density at radius 1 is 1.12 bits per heavy atom. The Labute approximate surface area is 94.2 Å². The van der Waals surface area contributed by atoms with Crippen molar-refractivity contribution in [3.63, 3.8) is 0 Å². The van der Waals surface area contributed by atoms with Gasteiger partial charge in [0.25, 0.3) is 0 Å². The lowest BCUT2D eigenvalue weighted by Crippen LogP contribution is -2.06. The molecule has 0 radical (unpaired) electrons. The number of halogens is 1. The van der Waals surface area contributed by atoms with Crippen LogP contribution in [0.15, 0.2) is 42.6 Å². The van der Waals surface area contributed by atoms with Gasteiger partial charge in [-0.05, 0) is 42.4 Å². The van der Waals surface area contributed by atoms with E-state index in [0.29, 0.717) is 0 Å². The van der Waals surface area contributed by atoms with E-state index in [9.17, 15) is 4.39 Å². The van der Waals surface area contributed by atoms with Crippen molar-refractivity contribution in [2.45, 2.75) is 6.54 Å². The third-order valence-corrected chi connectivity index (χ3v) is 2.35. The Morgan fingerprint density at radius 2 is 1.88 bits per heavy atom. The zero-order chi connectivity index (χ0) is 11.4. The van der Waals surface area contributed by atoms with Crippen molar-refractivity contribution in [1.82, 2.24) is 10.3 Å². The topological polar surface area (TPSA) is 24.9 Å². The predicted molar refractivity (Wildman–Crippen MR) is 62.4 cm³/mol. The van der Waals surface area contributed by atoms with Gasteiger partial charge in [0.2, 0.25) is 0 Å². The molecule has 2 aromatic rings. The monoisotopic (exact) mass is 216 g/mol. The Bertz CT molecular complexity index is 466. The van der Waals surface area contributed by atoms with Crippen molar-refractivity contribution >= 4 is 0 Å². The lowest BCUT2D eigenvalue weighted by molar-refractivity contribution is 0.628. The number of nitrogens with zero attached hydrogens (tertiary/aromatic N) is 1. The third-order valence-electron chi connectivity index (χ3n) is 2.35. The summed E-state index contributed by atoms with van der Waals surface area (Å²) in [7, 11) is 1.88. The molecule has 0 spiro atoms. The summed E-state index contributed by atoms with van der Waals surface area (Å²) in [5.74, 6) is -0.215. The lowest BCUT2D eigenvalue weighted by Gasteiger charge is -2.04. The van der Waals surface area contributed by atoms with Gasteiger partial charge in [-0.1, -0.05) is 12.1 Å². The van der Waals surface area contributed by atoms with E-state index in [4.69, 9.17) is 0 Å². The van der Waals surface area contributed by atoms with Crippen LogP contribution in [0.25, 0.3) is 11.1 Å². The van der Waals surface area contributed by atoms with Crippen LogP contribution in [-0.4, -0.2) is 12.0 Å². The van der Waals surface area contributed by atoms with E-state index in [1.807, 2.05) is 19.2 Å². The second-order valence-electron chi connectivity index (χ2n) is 3.57. The number of benzene rings is 1. The van der Waals surface area contributed by atoms with E-state index in [1.165, 1.54) is 12.1 Å². The first-order chi connectivity index (χ1) is 7.79. The number of nitrogens with one attached hydrogen (secondary N) is 1. The van der Waals surface area contributed by atoms with Gasteiger partial charge in [0, 0.05) is 12.7 Å². The van der Waals surface area contributed by atoms with Crippen LogP contribution in [0.4, 0.5) is 4.39 Å². The highest BCUT2D eigenvalue weighted by Crippen LogP contribution is 2.19. The molecule has 0 amide bonds. The maximum Gasteiger partial charge on any atom is 0.123 e. The highest BCUT2D eigenvalue weighted by atomic mass is 19.1. The summed E-state index contributed by atoms with van der Waals surface area (Å²) in [6.07, 6.45) is 1.77. The normalized spacial score (nSPS) is 10.4. The summed E-state index contributed by atoms with van der Waals surface area (Å²) in [6.45, 7) is 0.731. The van der Waals surface area contributed by atoms with Crippen LogP contribution in [0.1, 0.15) is 5.69 Å². The van der Waals surface area contributed by atoms with Crippen LogP contribution >= 0.6 is 0 Å². The molecule has 3 heteroatoms. The van der Waals surface area contributed by atoms with Gasteiger partial charge in [-0.3, -0.25) is 4.98 Å². The van der Waals surface area contributed by atoms with E-state index in [1.54, 1.807) is 18.3 Å². The van der Waals surface area contributed by atoms with Crippen molar-refractivity contribution in [3.05, 3.63) is 54.1 Å². The molecule has 0 aliphatic heterocycles. The SMILES string of the molecule is CNCc1cc(-c2ccc(F)cc2)ccn1. The van der Waals surface area contributed by atoms with Crippen molar-refractivity contribution < 1.29 is 4.39 Å². The van der Waals surface area contributed by atoms with Crippen LogP contribution in [-0.2, 0) is 6.54 Å². The summed E-state index contributed by atoms with van der Waals surface area (Å²) >= 11 is 0. The van der Waals surface area contributed by atoms with Crippen LogP contribution in [0.3, 0.4) is 0 Å². The minimum Gasteiger partial charge on any atom is -0.314 e. The molecule has 1 heterocycles. The van der Waals surface area contributed by atoms with E-state index < -0.39 is 0 Å². The standard InChI is InChI=1S/C13H13FN2/c1-15-9-13-8-11(6-7-16-13)10-2-4-12(14)5-3-10/h2-8,15H,9H2,1H3. The van der Waals surface area contributed by atoms with Crippen molar-refractivity contribution in [2.24, 2.45) is 0 Å². The molecule has 82 valence electrons. The second kappa shape index (κ2) is 4.86. The van der Waals surface area contributed by atoms with Crippen molar-refractivity contribution in [2.75, 3.05) is 7.05 Å². The van der Waals surface area contributed by atoms with Gasteiger partial charge >= 0.3 is 0 Å². The van der Waals surface area contributed by atoms with Gasteiger partial charge in [0.15, 0.2) is 0 Å². The largest absolute Gasteiger partial charge is 0.314 e. The molecule has 1 N–H and O–H groups in total. The van der Waals surface area contributed by atoms with Gasteiger partial charge in [0.05, 0.1) is 5.69 Å². The first-order valence-electron chi connectivity index (χ1n) is 5.15. The Morgan fingerprint density at radius 3 is 2.56 bits per heavy atom. The quantitative estimate of drug-likeness (QED) is 0.853. The highest BCUT2D eigenvalue weighted by Gasteiger charge is 2.00. The van der Waals surface area contributed by atoms with Crippen LogP contribution < -0.4 is 5.32 Å². The first-order valence-corrected chi connectivity index (χ1v) is 5.15. The molecule has 0 aliphatic carbocycles. The molecule has 0 atom stereocenters. The van der Waals surface area contributed by atoms with Gasteiger partial charge < -0.3 is 5.32 Å². The highest BCUT2D eigenvalue weighted by molar-refractivity contribution is 5.63. The fraction of sp³-hybridized carbons (Fsp3) is 0.154. The van der Waals surface area contributed by atoms with Gasteiger partial charge in [-0.2, -0.15) is 0 Å². The van der Waals surface area contributed by atoms with E-state index >= 15 is 0 Å². The molecule has 2 nitrogen and oxygen atoms in total. The number of aromatic nitrogens is 1. The predicted octanol–water partition coefficient (Wildman–Crippen LogP) is 2.61. The second-order valence-corrected chi connectivity index (χ2v) is 3.57. The average molecular weight is 216 g/mol. The molecular weight excluding hydrogens is 203 g/mol. The Hall–Kier alpha value is -1.74. The summed E-state index contributed by atoms with van der Waals surface area (Å²) in [5.41, 5.74) is 3.03. The molecule has 0 aliphatic rings. The maximum atomic E-state index is 12.8. The summed E-state index contributed by atoms with van der Waals surface area (Å²) < 4.78 is 12.8. The zero-order valence-electron chi connectivity index (χ0n) is 9.07. The molecule has 0 fully saturated rings. The molecular formula is C13H13FN2. The van der Waals surface area contributed by atoms with Gasteiger partial charge in [0.1, 0.15) is 5.82 Å². The fourth-order valence-electron chi connectivity index (χ4n) is 1.58. The summed E-state index contributed by atoms with van der Waals surface area (Å²) in [4.78, 5) is 4.24. The Kier molecular flexibility index (Phi) is 3.27. The Balaban J connectivity index is 2.32. The molecule has 0 unspecified atom stereocenters. The van der Waals surface area contributed by atoms with Crippen molar-refractivity contribution in [3.8, 4) is 11.1 Å².